The summed E-state index contributed by atoms with van der Waals surface area (Å²) < 4.78 is 6.24. The van der Waals surface area contributed by atoms with Crippen LogP contribution in [0, 0.1) is 10.1 Å². The van der Waals surface area contributed by atoms with Gasteiger partial charge in [-0.3, -0.25) is 10.1 Å². The molecule has 21 heavy (non-hydrogen) atoms. The zero-order chi connectivity index (χ0) is 15.6. The summed E-state index contributed by atoms with van der Waals surface area (Å²) in [4.78, 5) is 10.2. The Morgan fingerprint density at radius 1 is 1.33 bits per heavy atom. The maximum absolute atomic E-state index is 10.8. The van der Waals surface area contributed by atoms with Gasteiger partial charge in [-0.2, -0.15) is 0 Å². The molecule has 110 valence electrons. The highest BCUT2D eigenvalue weighted by atomic mass is 79.9. The number of halogens is 2. The predicted octanol–water partition coefficient (Wildman–Crippen LogP) is 4.86. The lowest BCUT2D eigenvalue weighted by Gasteiger charge is -2.11. The molecule has 0 fully saturated rings. The zero-order valence-corrected chi connectivity index (χ0v) is 13.3. The Hall–Kier alpha value is -1.63. The lowest BCUT2D eigenvalue weighted by Crippen LogP contribution is -1.94. The van der Waals surface area contributed by atoms with Crippen LogP contribution < -0.4 is 4.74 Å². The largest absolute Gasteiger partial charge is 0.455 e. The van der Waals surface area contributed by atoms with Crippen molar-refractivity contribution in [3.05, 3.63) is 61.6 Å². The maximum Gasteiger partial charge on any atom is 0.273 e. The first-order chi connectivity index (χ1) is 9.88. The van der Waals surface area contributed by atoms with E-state index in [9.17, 15) is 15.2 Å². The molecule has 1 N–H and O–H groups in total. The first-order valence-corrected chi connectivity index (χ1v) is 7.15. The fourth-order valence-corrected chi connectivity index (χ4v) is 2.57. The van der Waals surface area contributed by atoms with E-state index < -0.39 is 11.0 Å². The molecule has 0 bridgehead atoms. The van der Waals surface area contributed by atoms with Gasteiger partial charge in [0.25, 0.3) is 5.69 Å². The summed E-state index contributed by atoms with van der Waals surface area (Å²) in [5.41, 5.74) is 0.613. The smallest absolute Gasteiger partial charge is 0.273 e. The number of nitro benzene ring substituents is 1. The number of benzene rings is 2. The number of nitro groups is 1. The van der Waals surface area contributed by atoms with Crippen molar-refractivity contribution < 1.29 is 14.8 Å². The summed E-state index contributed by atoms with van der Waals surface area (Å²) in [5, 5.41) is 20.6. The number of ether oxygens (including phenoxy) is 1. The van der Waals surface area contributed by atoms with Gasteiger partial charge in [-0.1, -0.05) is 33.6 Å². The molecule has 0 heterocycles. The van der Waals surface area contributed by atoms with Crippen molar-refractivity contribution in [2.45, 2.75) is 13.0 Å². The predicted molar refractivity (Wildman–Crippen MR) is 83.0 cm³/mol. The average Bonchev–Trinajstić information content (AvgIpc) is 2.40. The van der Waals surface area contributed by atoms with Crippen LogP contribution in [0.4, 0.5) is 5.69 Å². The van der Waals surface area contributed by atoms with Gasteiger partial charge < -0.3 is 9.84 Å². The number of hydrogen-bond donors (Lipinski definition) is 1. The molecule has 1 atom stereocenters. The second kappa shape index (κ2) is 6.43. The van der Waals surface area contributed by atoms with Crippen molar-refractivity contribution in [1.82, 2.24) is 0 Å². The van der Waals surface area contributed by atoms with Crippen molar-refractivity contribution in [3.8, 4) is 11.5 Å². The van der Waals surface area contributed by atoms with Crippen LogP contribution in [0.3, 0.4) is 0 Å². The third-order valence-electron chi connectivity index (χ3n) is 2.78. The molecule has 0 aromatic heterocycles. The van der Waals surface area contributed by atoms with Crippen LogP contribution in [0.5, 0.6) is 11.5 Å². The number of non-ortho nitro benzene ring substituents is 1. The highest BCUT2D eigenvalue weighted by molar-refractivity contribution is 9.10. The molecule has 0 unspecified atom stereocenters. The third-order valence-corrected chi connectivity index (χ3v) is 3.77. The van der Waals surface area contributed by atoms with Crippen LogP contribution in [-0.2, 0) is 0 Å². The van der Waals surface area contributed by atoms with E-state index in [0.717, 1.165) is 0 Å². The summed E-state index contributed by atoms with van der Waals surface area (Å²) in [6.45, 7) is 1.65. The molecule has 7 heteroatoms. The fraction of sp³-hybridized carbons (Fsp3) is 0.143. The SMILES string of the molecule is C[C@H](O)c1ccc(Oc2cc([N+](=O)[O-])ccc2Cl)cc1Br. The first kappa shape index (κ1) is 15.8. The molecule has 0 saturated carbocycles. The van der Waals surface area contributed by atoms with Crippen LogP contribution in [0.15, 0.2) is 40.9 Å². The second-order valence-corrected chi connectivity index (χ2v) is 5.59. The van der Waals surface area contributed by atoms with Crippen molar-refractivity contribution in [3.63, 3.8) is 0 Å². The van der Waals surface area contributed by atoms with Crippen molar-refractivity contribution in [2.24, 2.45) is 0 Å². The van der Waals surface area contributed by atoms with Gasteiger partial charge in [0.2, 0.25) is 0 Å². The summed E-state index contributed by atoms with van der Waals surface area (Å²) >= 11 is 9.31. The van der Waals surface area contributed by atoms with Crippen LogP contribution in [-0.4, -0.2) is 10.0 Å². The van der Waals surface area contributed by atoms with Gasteiger partial charge >= 0.3 is 0 Å². The molecule has 0 aliphatic heterocycles. The third kappa shape index (κ3) is 3.72. The lowest BCUT2D eigenvalue weighted by atomic mass is 10.1. The minimum Gasteiger partial charge on any atom is -0.455 e. The Bertz CT molecular complexity index is 691. The molecule has 0 saturated heterocycles. The molecule has 5 nitrogen and oxygen atoms in total. The van der Waals surface area contributed by atoms with Crippen LogP contribution in [0.25, 0.3) is 0 Å². The maximum atomic E-state index is 10.8. The zero-order valence-electron chi connectivity index (χ0n) is 10.9. The summed E-state index contributed by atoms with van der Waals surface area (Å²) in [6, 6.07) is 9.00. The topological polar surface area (TPSA) is 72.6 Å². The van der Waals surface area contributed by atoms with E-state index in [0.29, 0.717) is 15.8 Å². The molecule has 0 spiro atoms. The molecule has 0 radical (unpaired) electrons. The van der Waals surface area contributed by atoms with Gasteiger partial charge in [-0.05, 0) is 30.7 Å². The monoisotopic (exact) mass is 371 g/mol. The van der Waals surface area contributed by atoms with Gasteiger partial charge in [0.1, 0.15) is 5.75 Å². The number of aliphatic hydroxyl groups excluding tert-OH is 1. The molecular formula is C14H11BrClNO4. The number of aliphatic hydroxyl groups is 1. The van der Waals surface area contributed by atoms with E-state index in [1.807, 2.05) is 0 Å². The second-order valence-electron chi connectivity index (χ2n) is 4.33. The van der Waals surface area contributed by atoms with E-state index >= 15 is 0 Å². The molecule has 0 aliphatic rings. The van der Waals surface area contributed by atoms with E-state index in [1.165, 1.54) is 18.2 Å². The Balaban J connectivity index is 2.32. The number of rotatable bonds is 4. The first-order valence-electron chi connectivity index (χ1n) is 5.98. The van der Waals surface area contributed by atoms with Crippen molar-refractivity contribution in [1.29, 1.82) is 0 Å². The van der Waals surface area contributed by atoms with Crippen LogP contribution >= 0.6 is 27.5 Å². The molecular weight excluding hydrogens is 362 g/mol. The van der Waals surface area contributed by atoms with Crippen molar-refractivity contribution >= 4 is 33.2 Å². The minimum absolute atomic E-state index is 0.103. The Morgan fingerprint density at radius 3 is 2.62 bits per heavy atom. The normalized spacial score (nSPS) is 12.0. The average molecular weight is 373 g/mol. The minimum atomic E-state index is -0.616. The quantitative estimate of drug-likeness (QED) is 0.614. The standard InChI is InChI=1S/C14H11BrClNO4/c1-8(18)11-4-3-10(7-12(11)15)21-14-6-9(17(19)20)2-5-13(14)16/h2-8,18H,1H3/t8-/m0/s1. The molecule has 2 aromatic rings. The van der Waals surface area contributed by atoms with E-state index in [-0.39, 0.29) is 16.5 Å². The van der Waals surface area contributed by atoms with Gasteiger partial charge in [0.15, 0.2) is 5.75 Å². The van der Waals surface area contributed by atoms with Gasteiger partial charge in [-0.25, -0.2) is 0 Å². The van der Waals surface area contributed by atoms with Gasteiger partial charge in [-0.15, -0.1) is 0 Å². The summed E-state index contributed by atoms with van der Waals surface area (Å²) in [7, 11) is 0. The number of nitrogens with zero attached hydrogens (tertiary/aromatic N) is 1. The Morgan fingerprint density at radius 2 is 2.05 bits per heavy atom. The molecule has 2 aromatic carbocycles. The van der Waals surface area contributed by atoms with E-state index in [1.54, 1.807) is 25.1 Å². The fourth-order valence-electron chi connectivity index (χ4n) is 1.72. The lowest BCUT2D eigenvalue weighted by molar-refractivity contribution is -0.384. The van der Waals surface area contributed by atoms with E-state index in [4.69, 9.17) is 16.3 Å². The highest BCUT2D eigenvalue weighted by Crippen LogP contribution is 2.35. The van der Waals surface area contributed by atoms with E-state index in [2.05, 4.69) is 15.9 Å². The van der Waals surface area contributed by atoms with Gasteiger partial charge in [0.05, 0.1) is 22.1 Å². The van der Waals surface area contributed by atoms with Crippen molar-refractivity contribution in [2.75, 3.05) is 0 Å². The Kier molecular flexibility index (Phi) is 4.82. The number of hydrogen-bond acceptors (Lipinski definition) is 4. The molecule has 0 amide bonds. The van der Waals surface area contributed by atoms with Crippen LogP contribution in [0.1, 0.15) is 18.6 Å². The summed E-state index contributed by atoms with van der Waals surface area (Å²) in [5.74, 6) is 0.649. The molecule has 2 rings (SSSR count). The summed E-state index contributed by atoms with van der Waals surface area (Å²) in [6.07, 6.45) is -0.616. The van der Waals surface area contributed by atoms with Crippen LogP contribution in [0.2, 0.25) is 5.02 Å². The Labute approximate surface area is 134 Å². The molecule has 0 aliphatic carbocycles. The highest BCUT2D eigenvalue weighted by Gasteiger charge is 2.13. The van der Waals surface area contributed by atoms with Gasteiger partial charge in [0, 0.05) is 10.5 Å².